The molecule has 0 aliphatic carbocycles. The van der Waals surface area contributed by atoms with Crippen LogP contribution in [-0.4, -0.2) is 68.1 Å². The third kappa shape index (κ3) is 10.9. The summed E-state index contributed by atoms with van der Waals surface area (Å²) in [6.45, 7) is 17.5. The summed E-state index contributed by atoms with van der Waals surface area (Å²) in [5, 5.41) is 53.1. The second kappa shape index (κ2) is 17.6. The van der Waals surface area contributed by atoms with Crippen LogP contribution in [0.15, 0.2) is 23.8 Å². The number of allylic oxidation sites excluding steroid dienone is 2. The van der Waals surface area contributed by atoms with Crippen LogP contribution in [0.2, 0.25) is 0 Å². The van der Waals surface area contributed by atoms with Crippen molar-refractivity contribution in [1.29, 1.82) is 0 Å². The van der Waals surface area contributed by atoms with Gasteiger partial charge in [-0.3, -0.25) is 4.79 Å². The lowest BCUT2D eigenvalue weighted by atomic mass is 9.76. The highest BCUT2D eigenvalue weighted by Gasteiger charge is 2.41. The van der Waals surface area contributed by atoms with E-state index in [9.17, 15) is 30.3 Å². The molecular formula is C33H60O7. The molecule has 5 N–H and O–H groups in total. The number of aliphatic hydroxyl groups is 4. The highest BCUT2D eigenvalue weighted by atomic mass is 16.5. The molecule has 0 saturated carbocycles. The SMILES string of the molecule is CCC[C@H](C)/C=C(\C)[C@H](O)[C@H](C)/C=C/CC[C@H](O)[C@H](C)[C@H](O)[C@H](C)[C@H](O)[C@H](C)[C@@H]1O[C@H]([C@H](C)C(=O)O)CC[C@@H]1C. The summed E-state index contributed by atoms with van der Waals surface area (Å²) in [6, 6.07) is 0. The fourth-order valence-electron chi connectivity index (χ4n) is 6.19. The predicted molar refractivity (Wildman–Crippen MR) is 161 cm³/mol. The molecule has 0 radical (unpaired) electrons. The van der Waals surface area contributed by atoms with Gasteiger partial charge in [0.2, 0.25) is 0 Å². The number of ether oxygens (including phenoxy) is 1. The molecule has 234 valence electrons. The molecule has 7 heteroatoms. The Morgan fingerprint density at radius 1 is 0.950 bits per heavy atom. The first kappa shape index (κ1) is 36.8. The maximum atomic E-state index is 11.5. The van der Waals surface area contributed by atoms with Crippen molar-refractivity contribution >= 4 is 5.97 Å². The van der Waals surface area contributed by atoms with Gasteiger partial charge in [0, 0.05) is 23.7 Å². The zero-order valence-electron chi connectivity index (χ0n) is 26.5. The Bertz CT molecular complexity index is 796. The van der Waals surface area contributed by atoms with E-state index in [4.69, 9.17) is 4.74 Å². The smallest absolute Gasteiger partial charge is 0.308 e. The summed E-state index contributed by atoms with van der Waals surface area (Å²) in [4.78, 5) is 11.5. The largest absolute Gasteiger partial charge is 0.481 e. The summed E-state index contributed by atoms with van der Waals surface area (Å²) in [6.07, 6.45) is 7.17. The van der Waals surface area contributed by atoms with E-state index >= 15 is 0 Å². The Kier molecular flexibility index (Phi) is 16.2. The van der Waals surface area contributed by atoms with E-state index in [1.54, 1.807) is 20.8 Å². The molecule has 1 saturated heterocycles. The lowest BCUT2D eigenvalue weighted by Gasteiger charge is -2.43. The number of hydrogen-bond donors (Lipinski definition) is 5. The lowest BCUT2D eigenvalue weighted by Crippen LogP contribution is -2.49. The van der Waals surface area contributed by atoms with Crippen molar-refractivity contribution < 1.29 is 35.1 Å². The molecule has 0 amide bonds. The summed E-state index contributed by atoms with van der Waals surface area (Å²) in [7, 11) is 0. The van der Waals surface area contributed by atoms with Crippen LogP contribution in [-0.2, 0) is 9.53 Å². The van der Waals surface area contributed by atoms with Gasteiger partial charge in [-0.15, -0.1) is 0 Å². The molecule has 0 aromatic heterocycles. The summed E-state index contributed by atoms with van der Waals surface area (Å²) in [5.41, 5.74) is 0.983. The van der Waals surface area contributed by atoms with Gasteiger partial charge in [-0.25, -0.2) is 0 Å². The van der Waals surface area contributed by atoms with Crippen LogP contribution >= 0.6 is 0 Å². The van der Waals surface area contributed by atoms with Crippen LogP contribution in [0.3, 0.4) is 0 Å². The molecule has 1 rings (SSSR count). The molecule has 40 heavy (non-hydrogen) atoms. The summed E-state index contributed by atoms with van der Waals surface area (Å²) >= 11 is 0. The monoisotopic (exact) mass is 568 g/mol. The Hall–Kier alpha value is -1.25. The van der Waals surface area contributed by atoms with E-state index < -0.39 is 54.2 Å². The topological polar surface area (TPSA) is 127 Å². The van der Waals surface area contributed by atoms with E-state index in [1.165, 1.54) is 0 Å². The normalized spacial score (nSPS) is 28.2. The van der Waals surface area contributed by atoms with Gasteiger partial charge in [0.15, 0.2) is 0 Å². The third-order valence-electron chi connectivity index (χ3n) is 9.35. The Balaban J connectivity index is 2.66. The Morgan fingerprint density at radius 3 is 2.15 bits per heavy atom. The highest BCUT2D eigenvalue weighted by molar-refractivity contribution is 5.70. The van der Waals surface area contributed by atoms with Gasteiger partial charge >= 0.3 is 5.97 Å². The van der Waals surface area contributed by atoms with Crippen LogP contribution in [0.5, 0.6) is 0 Å². The van der Waals surface area contributed by atoms with Gasteiger partial charge in [0.05, 0.1) is 42.5 Å². The standard InChI is InChI=1S/C33H60O7/c1-10-13-19(2)18-22(5)29(35)20(3)14-11-12-15-27(34)23(6)30(36)25(8)31(37)26(9)32-21(4)16-17-28(40-32)24(7)33(38)39/h11,14,18-21,23-32,34-37H,10,12-13,15-17H2,1-9H3,(H,38,39)/b14-11+,22-18+/t19-,20+,21-,23-,24-,25-,26-,27-,28-,29+,30-,31-,32+/m0/s1. The van der Waals surface area contributed by atoms with Crippen molar-refractivity contribution in [3.05, 3.63) is 23.8 Å². The molecule has 0 unspecified atom stereocenters. The van der Waals surface area contributed by atoms with Crippen molar-refractivity contribution in [3.63, 3.8) is 0 Å². The van der Waals surface area contributed by atoms with E-state index in [0.717, 1.165) is 24.8 Å². The summed E-state index contributed by atoms with van der Waals surface area (Å²) < 4.78 is 6.19. The molecule has 0 aromatic rings. The minimum Gasteiger partial charge on any atom is -0.481 e. The molecule has 13 atom stereocenters. The van der Waals surface area contributed by atoms with Gasteiger partial charge in [0.1, 0.15) is 0 Å². The molecule has 0 spiro atoms. The van der Waals surface area contributed by atoms with E-state index in [-0.39, 0.29) is 23.9 Å². The highest BCUT2D eigenvalue weighted by Crippen LogP contribution is 2.36. The first-order valence-electron chi connectivity index (χ1n) is 15.6. The maximum absolute atomic E-state index is 11.5. The number of aliphatic hydroxyl groups excluding tert-OH is 4. The number of carboxylic acid groups (broad SMARTS) is 1. The molecule has 1 heterocycles. The van der Waals surface area contributed by atoms with Crippen molar-refractivity contribution in [2.45, 2.75) is 137 Å². The fourth-order valence-corrected chi connectivity index (χ4v) is 6.19. The van der Waals surface area contributed by atoms with Crippen LogP contribution in [0, 0.1) is 41.4 Å². The predicted octanol–water partition coefficient (Wildman–Crippen LogP) is 5.60. The zero-order valence-corrected chi connectivity index (χ0v) is 26.5. The first-order chi connectivity index (χ1) is 18.6. The van der Waals surface area contributed by atoms with Crippen molar-refractivity contribution in [1.82, 2.24) is 0 Å². The minimum absolute atomic E-state index is 0.0376. The molecule has 0 bridgehead atoms. The minimum atomic E-state index is -0.914. The van der Waals surface area contributed by atoms with Crippen LogP contribution in [0.4, 0.5) is 0 Å². The van der Waals surface area contributed by atoms with Crippen molar-refractivity contribution in [2.24, 2.45) is 41.4 Å². The van der Waals surface area contributed by atoms with Gasteiger partial charge in [-0.2, -0.15) is 0 Å². The molecule has 1 fully saturated rings. The van der Waals surface area contributed by atoms with E-state index in [1.807, 2.05) is 32.9 Å². The maximum Gasteiger partial charge on any atom is 0.308 e. The summed E-state index contributed by atoms with van der Waals surface area (Å²) in [5.74, 6) is -2.17. The molecular weight excluding hydrogens is 508 g/mol. The Labute approximate surface area is 243 Å². The van der Waals surface area contributed by atoms with Crippen molar-refractivity contribution in [2.75, 3.05) is 0 Å². The lowest BCUT2D eigenvalue weighted by molar-refractivity contribution is -0.169. The number of carbonyl (C=O) groups is 1. The third-order valence-corrected chi connectivity index (χ3v) is 9.35. The molecule has 0 aromatic carbocycles. The van der Waals surface area contributed by atoms with Crippen LogP contribution < -0.4 is 0 Å². The van der Waals surface area contributed by atoms with Crippen molar-refractivity contribution in [3.8, 4) is 0 Å². The average molecular weight is 569 g/mol. The van der Waals surface area contributed by atoms with Crippen LogP contribution in [0.25, 0.3) is 0 Å². The quantitative estimate of drug-likeness (QED) is 0.145. The molecule has 1 aliphatic rings. The van der Waals surface area contributed by atoms with Gasteiger partial charge in [-0.1, -0.05) is 73.1 Å². The van der Waals surface area contributed by atoms with Crippen LogP contribution in [0.1, 0.15) is 101 Å². The van der Waals surface area contributed by atoms with E-state index in [0.29, 0.717) is 25.2 Å². The van der Waals surface area contributed by atoms with Gasteiger partial charge in [0.25, 0.3) is 0 Å². The fraction of sp³-hybridized carbons (Fsp3) is 0.848. The first-order valence-corrected chi connectivity index (χ1v) is 15.6. The Morgan fingerprint density at radius 2 is 1.57 bits per heavy atom. The molecule has 7 nitrogen and oxygen atoms in total. The molecule has 1 aliphatic heterocycles. The van der Waals surface area contributed by atoms with E-state index in [2.05, 4.69) is 26.8 Å². The number of hydrogen-bond acceptors (Lipinski definition) is 6. The number of aliphatic carboxylic acids is 1. The average Bonchev–Trinajstić information content (AvgIpc) is 2.92. The van der Waals surface area contributed by atoms with Gasteiger partial charge in [-0.05, 0) is 63.4 Å². The number of carboxylic acids is 1. The number of rotatable bonds is 17. The van der Waals surface area contributed by atoms with Gasteiger partial charge < -0.3 is 30.3 Å². The second-order valence-electron chi connectivity index (χ2n) is 12.9. The zero-order chi connectivity index (χ0) is 30.7. The second-order valence-corrected chi connectivity index (χ2v) is 12.9.